The molecule has 0 aliphatic carbocycles. The van der Waals surface area contributed by atoms with Crippen LogP contribution >= 0.6 is 11.6 Å². The molecule has 1 N–H and O–H groups in total. The minimum absolute atomic E-state index is 0.0326. The fourth-order valence-corrected chi connectivity index (χ4v) is 3.37. The van der Waals surface area contributed by atoms with Crippen LogP contribution in [0, 0.1) is 5.92 Å². The van der Waals surface area contributed by atoms with Crippen molar-refractivity contribution in [1.29, 1.82) is 0 Å². The van der Waals surface area contributed by atoms with E-state index in [1.54, 1.807) is 0 Å². The second-order valence-electron chi connectivity index (χ2n) is 5.53. The predicted octanol–water partition coefficient (Wildman–Crippen LogP) is 2.69. The van der Waals surface area contributed by atoms with E-state index in [2.05, 4.69) is 19.2 Å². The Kier molecular flexibility index (Phi) is 7.47. The van der Waals surface area contributed by atoms with Crippen molar-refractivity contribution >= 4 is 27.5 Å². The molecule has 0 spiro atoms. The predicted molar refractivity (Wildman–Crippen MR) is 89.8 cm³/mol. The number of hydroxylamine groups is 1. The number of hydrogen-bond acceptors (Lipinski definition) is 4. The molecule has 0 bridgehead atoms. The van der Waals surface area contributed by atoms with Gasteiger partial charge in [-0.3, -0.25) is 9.63 Å². The van der Waals surface area contributed by atoms with E-state index >= 15 is 0 Å². The second-order valence-corrected chi connectivity index (χ2v) is 7.85. The maximum atomic E-state index is 12.3. The molecule has 0 radical (unpaired) electrons. The Labute approximate surface area is 142 Å². The summed E-state index contributed by atoms with van der Waals surface area (Å²) in [5.41, 5.74) is 0.238. The number of halogens is 1. The van der Waals surface area contributed by atoms with Crippen LogP contribution in [0.25, 0.3) is 0 Å². The monoisotopic (exact) mass is 362 g/mol. The summed E-state index contributed by atoms with van der Waals surface area (Å²) < 4.78 is 25.3. The number of hydrogen-bond donors (Lipinski definition) is 1. The molecule has 0 fully saturated rings. The molecule has 0 aliphatic heterocycles. The van der Waals surface area contributed by atoms with E-state index in [-0.39, 0.29) is 21.4 Å². The van der Waals surface area contributed by atoms with Gasteiger partial charge in [0, 0.05) is 19.2 Å². The van der Waals surface area contributed by atoms with Gasteiger partial charge in [0.2, 0.25) is 0 Å². The quantitative estimate of drug-likeness (QED) is 0.569. The first-order valence-electron chi connectivity index (χ1n) is 7.31. The van der Waals surface area contributed by atoms with Gasteiger partial charge in [-0.15, -0.1) is 0 Å². The van der Waals surface area contributed by atoms with Crippen LogP contribution in [0.4, 0.5) is 0 Å². The minimum Gasteiger partial charge on any atom is -0.352 e. The third-order valence-electron chi connectivity index (χ3n) is 3.31. The van der Waals surface area contributed by atoms with Crippen molar-refractivity contribution in [1.82, 2.24) is 9.79 Å². The number of sulfonamides is 1. The molecule has 1 rings (SSSR count). The van der Waals surface area contributed by atoms with Crippen LogP contribution < -0.4 is 5.32 Å². The van der Waals surface area contributed by atoms with Crippen molar-refractivity contribution in [2.75, 3.05) is 20.7 Å². The Morgan fingerprint density at radius 3 is 2.61 bits per heavy atom. The number of nitrogens with one attached hydrogen (secondary N) is 1. The van der Waals surface area contributed by atoms with Crippen LogP contribution in [-0.2, 0) is 14.9 Å². The third kappa shape index (κ3) is 5.46. The number of benzene rings is 1. The first kappa shape index (κ1) is 19.9. The topological polar surface area (TPSA) is 75.7 Å². The van der Waals surface area contributed by atoms with Crippen molar-refractivity contribution in [2.45, 2.75) is 31.6 Å². The van der Waals surface area contributed by atoms with Crippen LogP contribution in [-0.4, -0.2) is 39.5 Å². The van der Waals surface area contributed by atoms with Crippen LogP contribution in [0.3, 0.4) is 0 Å². The number of carbonyl (C=O) groups excluding carboxylic acids is 1. The highest BCUT2D eigenvalue weighted by Gasteiger charge is 2.25. The summed E-state index contributed by atoms with van der Waals surface area (Å²) >= 11 is 5.95. The van der Waals surface area contributed by atoms with E-state index < -0.39 is 10.0 Å². The maximum Gasteiger partial charge on any atom is 0.266 e. The molecule has 0 saturated heterocycles. The molecule has 8 heteroatoms. The van der Waals surface area contributed by atoms with Crippen LogP contribution in [0.15, 0.2) is 23.1 Å². The van der Waals surface area contributed by atoms with Crippen LogP contribution in [0.5, 0.6) is 0 Å². The lowest BCUT2D eigenvalue weighted by atomic mass is 10.1. The SMILES string of the molecule is CON(C)S(=O)(=O)c1cc(C(=O)NCCCC(C)C)ccc1Cl. The number of nitrogens with zero attached hydrogens (tertiary/aromatic N) is 1. The van der Waals surface area contributed by atoms with Crippen molar-refractivity contribution in [3.63, 3.8) is 0 Å². The average molecular weight is 363 g/mol. The van der Waals surface area contributed by atoms with E-state index in [0.717, 1.165) is 12.8 Å². The molecule has 0 atom stereocenters. The summed E-state index contributed by atoms with van der Waals surface area (Å²) in [6.07, 6.45) is 1.88. The standard InChI is InChI=1S/C15H23ClN2O4S/c1-11(2)6-5-9-17-15(19)12-7-8-13(16)14(10-12)23(20,21)18(3)22-4/h7-8,10-11H,5-6,9H2,1-4H3,(H,17,19). The number of carbonyl (C=O) groups is 1. The Balaban J connectivity index is 2.91. The molecule has 0 saturated carbocycles. The normalized spacial score (nSPS) is 12.0. The zero-order valence-electron chi connectivity index (χ0n) is 13.8. The summed E-state index contributed by atoms with van der Waals surface area (Å²) in [5.74, 6) is 0.241. The first-order chi connectivity index (χ1) is 10.7. The van der Waals surface area contributed by atoms with Gasteiger partial charge in [0.1, 0.15) is 4.90 Å². The molecule has 1 amide bonds. The molecule has 0 heterocycles. The van der Waals surface area contributed by atoms with Crippen molar-refractivity contribution in [2.24, 2.45) is 5.92 Å². The van der Waals surface area contributed by atoms with Gasteiger partial charge in [-0.1, -0.05) is 29.9 Å². The van der Waals surface area contributed by atoms with Crippen molar-refractivity contribution in [3.8, 4) is 0 Å². The number of rotatable bonds is 8. The van der Waals surface area contributed by atoms with E-state index in [1.165, 1.54) is 32.4 Å². The lowest BCUT2D eigenvalue weighted by molar-refractivity contribution is -0.0258. The smallest absolute Gasteiger partial charge is 0.266 e. The van der Waals surface area contributed by atoms with Gasteiger partial charge in [-0.05, 0) is 37.0 Å². The Morgan fingerprint density at radius 1 is 1.39 bits per heavy atom. The van der Waals surface area contributed by atoms with Crippen LogP contribution in [0.1, 0.15) is 37.0 Å². The first-order valence-corrected chi connectivity index (χ1v) is 9.12. The fraction of sp³-hybridized carbons (Fsp3) is 0.533. The van der Waals surface area contributed by atoms with Gasteiger partial charge >= 0.3 is 0 Å². The highest BCUT2D eigenvalue weighted by Crippen LogP contribution is 2.25. The minimum atomic E-state index is -3.91. The zero-order valence-corrected chi connectivity index (χ0v) is 15.4. The van der Waals surface area contributed by atoms with Gasteiger partial charge in [0.15, 0.2) is 0 Å². The van der Waals surface area contributed by atoms with E-state index in [9.17, 15) is 13.2 Å². The Hall–Kier alpha value is -1.15. The average Bonchev–Trinajstić information content (AvgIpc) is 2.50. The molecule has 23 heavy (non-hydrogen) atoms. The fourth-order valence-electron chi connectivity index (χ4n) is 1.89. The molecule has 6 nitrogen and oxygen atoms in total. The van der Waals surface area contributed by atoms with Gasteiger partial charge < -0.3 is 5.32 Å². The lowest BCUT2D eigenvalue weighted by Crippen LogP contribution is -2.27. The van der Waals surface area contributed by atoms with E-state index in [4.69, 9.17) is 16.4 Å². The molecular weight excluding hydrogens is 340 g/mol. The summed E-state index contributed by atoms with van der Waals surface area (Å²) in [6.45, 7) is 4.77. The van der Waals surface area contributed by atoms with Gasteiger partial charge in [0.25, 0.3) is 15.9 Å². The van der Waals surface area contributed by atoms with Crippen molar-refractivity contribution in [3.05, 3.63) is 28.8 Å². The molecule has 0 aromatic heterocycles. The summed E-state index contributed by atoms with van der Waals surface area (Å²) in [4.78, 5) is 16.7. The van der Waals surface area contributed by atoms with Crippen molar-refractivity contribution < 1.29 is 18.0 Å². The summed E-state index contributed by atoms with van der Waals surface area (Å²) in [5, 5.41) is 2.81. The van der Waals surface area contributed by atoms with Gasteiger partial charge in [0.05, 0.1) is 12.1 Å². The summed E-state index contributed by atoms with van der Waals surface area (Å²) in [6, 6.07) is 4.14. The molecule has 1 aromatic rings. The lowest BCUT2D eigenvalue weighted by Gasteiger charge is -2.16. The molecular formula is C15H23ClN2O4S. The third-order valence-corrected chi connectivity index (χ3v) is 5.47. The van der Waals surface area contributed by atoms with Gasteiger partial charge in [-0.25, -0.2) is 8.42 Å². The van der Waals surface area contributed by atoms with E-state index in [1.807, 2.05) is 0 Å². The largest absolute Gasteiger partial charge is 0.352 e. The molecule has 1 aromatic carbocycles. The van der Waals surface area contributed by atoms with Crippen LogP contribution in [0.2, 0.25) is 5.02 Å². The Bertz CT molecular complexity index is 647. The Morgan fingerprint density at radius 2 is 2.04 bits per heavy atom. The van der Waals surface area contributed by atoms with E-state index in [0.29, 0.717) is 16.9 Å². The zero-order chi connectivity index (χ0) is 17.6. The number of amides is 1. The molecule has 130 valence electrons. The summed E-state index contributed by atoms with van der Waals surface area (Å²) in [7, 11) is -1.43. The highest BCUT2D eigenvalue weighted by atomic mass is 35.5. The molecule has 0 aliphatic rings. The maximum absolute atomic E-state index is 12.3. The second kappa shape index (κ2) is 8.63. The molecule has 0 unspecified atom stereocenters. The van der Waals surface area contributed by atoms with Gasteiger partial charge in [-0.2, -0.15) is 0 Å². The highest BCUT2D eigenvalue weighted by molar-refractivity contribution is 7.89.